The number of thiophene rings is 1. The number of piperazine rings is 1. The molecule has 34 heavy (non-hydrogen) atoms. The van der Waals surface area contributed by atoms with Crippen LogP contribution in [0.15, 0.2) is 23.3 Å². The number of fused-ring (bicyclic) bond motifs is 3. The fourth-order valence-electron chi connectivity index (χ4n) is 4.73. The molecule has 3 aromatic heterocycles. The lowest BCUT2D eigenvalue weighted by atomic mass is 10.1. The van der Waals surface area contributed by atoms with Crippen molar-refractivity contribution in [3.05, 3.63) is 50.5 Å². The molecule has 11 heteroatoms. The van der Waals surface area contributed by atoms with E-state index in [1.165, 1.54) is 4.88 Å². The summed E-state index contributed by atoms with van der Waals surface area (Å²) in [4.78, 5) is 30.5. The Kier molecular flexibility index (Phi) is 6.11. The lowest BCUT2D eigenvalue weighted by Crippen LogP contribution is -2.48. The Balaban J connectivity index is 1.24. The molecule has 5 heterocycles. The second-order valence-corrected chi connectivity index (χ2v) is 10.2. The first-order valence-corrected chi connectivity index (χ1v) is 12.2. The minimum Gasteiger partial charge on any atom is -0.354 e. The topological polar surface area (TPSA) is 57.5 Å². The van der Waals surface area contributed by atoms with Crippen molar-refractivity contribution in [3.63, 3.8) is 0 Å². The van der Waals surface area contributed by atoms with E-state index in [1.54, 1.807) is 29.2 Å². The van der Waals surface area contributed by atoms with Crippen LogP contribution >= 0.6 is 11.3 Å². The van der Waals surface area contributed by atoms with Crippen molar-refractivity contribution in [2.75, 3.05) is 51.2 Å². The molecule has 0 radical (unpaired) electrons. The van der Waals surface area contributed by atoms with E-state index in [9.17, 15) is 18.0 Å². The van der Waals surface area contributed by atoms with E-state index in [0.29, 0.717) is 50.8 Å². The Morgan fingerprint density at radius 3 is 2.59 bits per heavy atom. The van der Waals surface area contributed by atoms with Crippen molar-refractivity contribution in [2.45, 2.75) is 32.6 Å². The highest BCUT2D eigenvalue weighted by Crippen LogP contribution is 2.33. The number of hydrogen-bond acceptors (Lipinski definition) is 7. The normalized spacial score (nSPS) is 18.0. The van der Waals surface area contributed by atoms with Crippen LogP contribution in [0.25, 0.3) is 10.2 Å². The fourth-order valence-corrected chi connectivity index (χ4v) is 5.99. The number of likely N-dealkylation sites (N-methyl/N-ethyl adjacent to an activating group) is 1. The molecular formula is C23H27F3N6OS. The fraction of sp³-hybridized carbons (Fsp3) is 0.522. The van der Waals surface area contributed by atoms with Gasteiger partial charge in [0.05, 0.1) is 17.3 Å². The lowest BCUT2D eigenvalue weighted by Gasteiger charge is -2.35. The Bertz CT molecular complexity index is 1260. The summed E-state index contributed by atoms with van der Waals surface area (Å²) in [5.74, 6) is 0.366. The van der Waals surface area contributed by atoms with Gasteiger partial charge < -0.3 is 9.80 Å². The van der Waals surface area contributed by atoms with Crippen molar-refractivity contribution < 1.29 is 13.2 Å². The number of nitrogens with zero attached hydrogens (tertiary/aromatic N) is 6. The predicted molar refractivity (Wildman–Crippen MR) is 127 cm³/mol. The molecular weight excluding hydrogens is 465 g/mol. The highest BCUT2D eigenvalue weighted by molar-refractivity contribution is 7.18. The molecule has 7 nitrogen and oxygen atoms in total. The predicted octanol–water partition coefficient (Wildman–Crippen LogP) is 2.99. The first-order valence-electron chi connectivity index (χ1n) is 11.4. The van der Waals surface area contributed by atoms with Gasteiger partial charge in [0.2, 0.25) is 0 Å². The molecule has 0 saturated carbocycles. The second kappa shape index (κ2) is 8.94. The van der Waals surface area contributed by atoms with E-state index in [-0.39, 0.29) is 5.56 Å². The zero-order chi connectivity index (χ0) is 24.0. The molecule has 0 amide bonds. The number of aromatic nitrogens is 3. The number of aryl methyl sites for hydroxylation is 1. The molecule has 0 atom stereocenters. The minimum atomic E-state index is -4.38. The van der Waals surface area contributed by atoms with Crippen LogP contribution < -0.4 is 10.5 Å². The van der Waals surface area contributed by atoms with Gasteiger partial charge in [0, 0.05) is 62.9 Å². The van der Waals surface area contributed by atoms with Gasteiger partial charge in [0.15, 0.2) is 0 Å². The Labute approximate surface area is 199 Å². The number of anilines is 1. The second-order valence-electron chi connectivity index (χ2n) is 9.10. The maximum Gasteiger partial charge on any atom is 0.416 e. The average Bonchev–Trinajstić information content (AvgIpc) is 3.16. The van der Waals surface area contributed by atoms with Crippen molar-refractivity contribution in [2.24, 2.45) is 0 Å². The molecule has 182 valence electrons. The summed E-state index contributed by atoms with van der Waals surface area (Å²) >= 11 is 1.62. The molecule has 1 saturated heterocycles. The molecule has 0 bridgehead atoms. The van der Waals surface area contributed by atoms with E-state index < -0.39 is 11.7 Å². The number of halogens is 3. The van der Waals surface area contributed by atoms with Crippen LogP contribution in [0.4, 0.5) is 19.0 Å². The van der Waals surface area contributed by atoms with Crippen LogP contribution in [0.5, 0.6) is 0 Å². The molecule has 2 aliphatic rings. The number of alkyl halides is 3. The van der Waals surface area contributed by atoms with Crippen molar-refractivity contribution in [1.29, 1.82) is 0 Å². The van der Waals surface area contributed by atoms with Gasteiger partial charge in [-0.2, -0.15) is 13.2 Å². The average molecular weight is 493 g/mol. The van der Waals surface area contributed by atoms with Crippen molar-refractivity contribution >= 4 is 27.4 Å². The molecule has 0 aromatic carbocycles. The Hall–Kier alpha value is -2.50. The Morgan fingerprint density at radius 1 is 1.09 bits per heavy atom. The van der Waals surface area contributed by atoms with Crippen LogP contribution in [0.1, 0.15) is 21.7 Å². The van der Waals surface area contributed by atoms with Gasteiger partial charge >= 0.3 is 6.18 Å². The number of rotatable bonds is 4. The zero-order valence-electron chi connectivity index (χ0n) is 19.2. The third-order valence-electron chi connectivity index (χ3n) is 6.64. The minimum absolute atomic E-state index is 0.0225. The van der Waals surface area contributed by atoms with E-state index in [0.717, 1.165) is 47.4 Å². The summed E-state index contributed by atoms with van der Waals surface area (Å²) in [6, 6.07) is 2.20. The first-order chi connectivity index (χ1) is 16.2. The highest BCUT2D eigenvalue weighted by atomic mass is 32.1. The largest absolute Gasteiger partial charge is 0.416 e. The molecule has 0 spiro atoms. The number of pyridine rings is 1. The maximum atomic E-state index is 13.2. The zero-order valence-corrected chi connectivity index (χ0v) is 20.0. The third kappa shape index (κ3) is 4.56. The molecule has 2 aliphatic heterocycles. The lowest BCUT2D eigenvalue weighted by molar-refractivity contribution is -0.137. The standard InChI is InChI=1S/C23H27F3N6OS/c1-15-11-16(23(24,25)26)12-19(28-15)31-8-5-30(6-9-31)7-10-32-14-27-21-20(22(32)33)17-3-4-29(2)13-18(17)34-21/h11-12,14H,3-10,13H2,1-2H3. The van der Waals surface area contributed by atoms with Gasteiger partial charge in [-0.15, -0.1) is 11.3 Å². The summed E-state index contributed by atoms with van der Waals surface area (Å²) in [5, 5.41) is 0.770. The molecule has 1 fully saturated rings. The van der Waals surface area contributed by atoms with Crippen molar-refractivity contribution in [1.82, 2.24) is 24.3 Å². The highest BCUT2D eigenvalue weighted by Gasteiger charge is 2.32. The molecule has 0 unspecified atom stereocenters. The van der Waals surface area contributed by atoms with Gasteiger partial charge in [-0.05, 0) is 38.1 Å². The summed E-state index contributed by atoms with van der Waals surface area (Å²) in [6.45, 7) is 7.18. The van der Waals surface area contributed by atoms with Gasteiger partial charge in [0.25, 0.3) is 5.56 Å². The van der Waals surface area contributed by atoms with E-state index in [4.69, 9.17) is 0 Å². The van der Waals surface area contributed by atoms with E-state index in [1.807, 2.05) is 4.90 Å². The quantitative estimate of drug-likeness (QED) is 0.558. The van der Waals surface area contributed by atoms with Gasteiger partial charge in [-0.25, -0.2) is 9.97 Å². The third-order valence-corrected chi connectivity index (χ3v) is 7.76. The molecule has 0 aliphatic carbocycles. The van der Waals surface area contributed by atoms with Gasteiger partial charge in [-0.3, -0.25) is 14.3 Å². The summed E-state index contributed by atoms with van der Waals surface area (Å²) < 4.78 is 41.2. The summed E-state index contributed by atoms with van der Waals surface area (Å²) in [5.41, 5.74) is 0.871. The molecule has 0 N–H and O–H groups in total. The van der Waals surface area contributed by atoms with Gasteiger partial charge in [-0.1, -0.05) is 0 Å². The Morgan fingerprint density at radius 2 is 1.85 bits per heavy atom. The van der Waals surface area contributed by atoms with Crippen LogP contribution in [0.3, 0.4) is 0 Å². The summed E-state index contributed by atoms with van der Waals surface area (Å²) in [6.07, 6.45) is -1.87. The molecule has 5 rings (SSSR count). The van der Waals surface area contributed by atoms with E-state index >= 15 is 0 Å². The van der Waals surface area contributed by atoms with E-state index in [2.05, 4.69) is 26.8 Å². The maximum absolute atomic E-state index is 13.2. The van der Waals surface area contributed by atoms with Gasteiger partial charge in [0.1, 0.15) is 10.6 Å². The van der Waals surface area contributed by atoms with Crippen LogP contribution in [0, 0.1) is 6.92 Å². The van der Waals surface area contributed by atoms with Crippen LogP contribution in [-0.2, 0) is 25.7 Å². The smallest absolute Gasteiger partial charge is 0.354 e. The van der Waals surface area contributed by atoms with Crippen molar-refractivity contribution in [3.8, 4) is 0 Å². The summed E-state index contributed by atoms with van der Waals surface area (Å²) in [7, 11) is 2.09. The first kappa shape index (κ1) is 23.3. The molecule has 3 aromatic rings. The van der Waals surface area contributed by atoms with Crippen LogP contribution in [-0.4, -0.2) is 70.7 Å². The number of hydrogen-bond donors (Lipinski definition) is 0. The SMILES string of the molecule is Cc1cc(C(F)(F)F)cc(N2CCN(CCn3cnc4sc5c(c4c3=O)CCN(C)C5)CC2)n1. The monoisotopic (exact) mass is 492 g/mol. The van der Waals surface area contributed by atoms with Crippen LogP contribution in [0.2, 0.25) is 0 Å².